The van der Waals surface area contributed by atoms with E-state index in [0.717, 1.165) is 0 Å². The topological polar surface area (TPSA) is 58.6 Å². The van der Waals surface area contributed by atoms with Crippen LogP contribution < -0.4 is 5.32 Å². The monoisotopic (exact) mass is 229 g/mol. The van der Waals surface area contributed by atoms with E-state index in [0.29, 0.717) is 17.3 Å². The normalized spacial score (nSPS) is 10.0. The van der Waals surface area contributed by atoms with Gasteiger partial charge in [0, 0.05) is 12.7 Å². The molecule has 0 aliphatic carbocycles. The fraction of sp³-hybridized carbons (Fsp3) is 0.300. The molecular weight excluding hydrogens is 218 g/mol. The number of hydrogen-bond donors (Lipinski definition) is 2. The Balaban J connectivity index is 2.60. The number of aromatic hydroxyl groups is 1. The van der Waals surface area contributed by atoms with Crippen LogP contribution >= 0.6 is 11.6 Å². The van der Waals surface area contributed by atoms with Crippen molar-refractivity contribution in [3.8, 4) is 5.75 Å². The van der Waals surface area contributed by atoms with Crippen molar-refractivity contribution in [1.82, 2.24) is 0 Å². The first-order valence-corrected chi connectivity index (χ1v) is 4.87. The second-order valence-corrected chi connectivity index (χ2v) is 3.26. The van der Waals surface area contributed by atoms with Crippen LogP contribution in [0.4, 0.5) is 5.69 Å². The summed E-state index contributed by atoms with van der Waals surface area (Å²) in [4.78, 5) is 11.3. The molecule has 1 amide bonds. The zero-order valence-electron chi connectivity index (χ0n) is 8.29. The lowest BCUT2D eigenvalue weighted by Gasteiger charge is -2.07. The summed E-state index contributed by atoms with van der Waals surface area (Å²) < 4.78 is 4.93. The highest BCUT2D eigenvalue weighted by Crippen LogP contribution is 2.25. The fourth-order valence-corrected chi connectivity index (χ4v) is 1.21. The third kappa shape index (κ3) is 3.77. The molecule has 0 heterocycles. The Morgan fingerprint density at radius 2 is 2.33 bits per heavy atom. The molecule has 82 valence electrons. The number of carbonyl (C=O) groups excluding carboxylic acids is 1. The first kappa shape index (κ1) is 11.8. The average molecular weight is 230 g/mol. The molecule has 0 saturated carbocycles. The van der Waals surface area contributed by atoms with Crippen LogP contribution in [0, 0.1) is 0 Å². The summed E-state index contributed by atoms with van der Waals surface area (Å²) in [5.74, 6) is -0.216. The highest BCUT2D eigenvalue weighted by Gasteiger charge is 2.05. The van der Waals surface area contributed by atoms with Crippen molar-refractivity contribution < 1.29 is 14.6 Å². The van der Waals surface area contributed by atoms with E-state index in [2.05, 4.69) is 5.32 Å². The molecule has 0 aliphatic rings. The number of carbonyl (C=O) groups is 1. The van der Waals surface area contributed by atoms with Crippen LogP contribution in [0.3, 0.4) is 0 Å². The molecule has 5 heteroatoms. The van der Waals surface area contributed by atoms with Gasteiger partial charge in [-0.25, -0.2) is 0 Å². The van der Waals surface area contributed by atoms with Gasteiger partial charge in [-0.1, -0.05) is 11.6 Å². The number of phenolic OH excluding ortho intramolecular Hbond substituents is 1. The van der Waals surface area contributed by atoms with Crippen molar-refractivity contribution in [2.75, 3.05) is 18.5 Å². The van der Waals surface area contributed by atoms with Crippen LogP contribution in [-0.2, 0) is 9.53 Å². The molecule has 15 heavy (non-hydrogen) atoms. The fourth-order valence-electron chi connectivity index (χ4n) is 0.986. The summed E-state index contributed by atoms with van der Waals surface area (Å²) in [5, 5.41) is 11.9. The predicted molar refractivity (Wildman–Crippen MR) is 58.2 cm³/mol. The molecule has 1 aromatic rings. The molecule has 0 unspecified atom stereocenters. The zero-order valence-corrected chi connectivity index (χ0v) is 9.04. The van der Waals surface area contributed by atoms with Gasteiger partial charge in [-0.05, 0) is 19.1 Å². The maximum Gasteiger partial charge on any atom is 0.250 e. The number of halogens is 1. The minimum atomic E-state index is -0.274. The smallest absolute Gasteiger partial charge is 0.250 e. The van der Waals surface area contributed by atoms with Gasteiger partial charge in [0.2, 0.25) is 5.91 Å². The molecule has 1 rings (SSSR count). The molecule has 0 bridgehead atoms. The summed E-state index contributed by atoms with van der Waals surface area (Å²) in [7, 11) is 0. The van der Waals surface area contributed by atoms with Gasteiger partial charge >= 0.3 is 0 Å². The maximum absolute atomic E-state index is 11.3. The van der Waals surface area contributed by atoms with E-state index in [1.807, 2.05) is 0 Å². The van der Waals surface area contributed by atoms with Crippen LogP contribution in [0.15, 0.2) is 18.2 Å². The summed E-state index contributed by atoms with van der Waals surface area (Å²) >= 11 is 5.79. The number of benzene rings is 1. The SMILES string of the molecule is CCOCC(=O)Nc1ccc(O)cc1Cl. The van der Waals surface area contributed by atoms with E-state index in [4.69, 9.17) is 21.4 Å². The number of anilines is 1. The maximum atomic E-state index is 11.3. The van der Waals surface area contributed by atoms with Crippen molar-refractivity contribution in [3.05, 3.63) is 23.2 Å². The van der Waals surface area contributed by atoms with Crippen LogP contribution in [-0.4, -0.2) is 24.2 Å². The van der Waals surface area contributed by atoms with E-state index in [1.165, 1.54) is 18.2 Å². The second kappa shape index (κ2) is 5.58. The highest BCUT2D eigenvalue weighted by molar-refractivity contribution is 6.33. The van der Waals surface area contributed by atoms with Gasteiger partial charge in [0.25, 0.3) is 0 Å². The van der Waals surface area contributed by atoms with Crippen molar-refractivity contribution in [3.63, 3.8) is 0 Å². The molecule has 0 spiro atoms. The Kier molecular flexibility index (Phi) is 4.39. The van der Waals surface area contributed by atoms with Gasteiger partial charge in [-0.2, -0.15) is 0 Å². The standard InChI is InChI=1S/C10H12ClNO3/c1-2-15-6-10(14)12-9-4-3-7(13)5-8(9)11/h3-5,13H,2,6H2,1H3,(H,12,14). The summed E-state index contributed by atoms with van der Waals surface area (Å²) in [6.45, 7) is 2.28. The molecule has 0 atom stereocenters. The highest BCUT2D eigenvalue weighted by atomic mass is 35.5. The van der Waals surface area contributed by atoms with Gasteiger partial charge in [0.05, 0.1) is 10.7 Å². The van der Waals surface area contributed by atoms with Crippen molar-refractivity contribution in [2.45, 2.75) is 6.92 Å². The van der Waals surface area contributed by atoms with Gasteiger partial charge in [-0.15, -0.1) is 0 Å². The number of ether oxygens (including phenoxy) is 1. The number of amides is 1. The van der Waals surface area contributed by atoms with Crippen LogP contribution in [0.1, 0.15) is 6.92 Å². The van der Waals surface area contributed by atoms with E-state index in [-0.39, 0.29) is 18.3 Å². The van der Waals surface area contributed by atoms with Crippen LogP contribution in [0.25, 0.3) is 0 Å². The van der Waals surface area contributed by atoms with Crippen molar-refractivity contribution in [2.24, 2.45) is 0 Å². The largest absolute Gasteiger partial charge is 0.508 e. The molecule has 0 aromatic heterocycles. The quantitative estimate of drug-likeness (QED) is 0.777. The molecule has 4 nitrogen and oxygen atoms in total. The second-order valence-electron chi connectivity index (χ2n) is 2.85. The van der Waals surface area contributed by atoms with E-state index in [1.54, 1.807) is 6.92 Å². The summed E-state index contributed by atoms with van der Waals surface area (Å²) in [6.07, 6.45) is 0. The molecule has 0 fully saturated rings. The molecular formula is C10H12ClNO3. The molecule has 2 N–H and O–H groups in total. The summed E-state index contributed by atoms with van der Waals surface area (Å²) in [6, 6.07) is 4.33. The number of nitrogens with one attached hydrogen (secondary N) is 1. The van der Waals surface area contributed by atoms with Gasteiger partial charge in [-0.3, -0.25) is 4.79 Å². The lowest BCUT2D eigenvalue weighted by Crippen LogP contribution is -2.18. The van der Waals surface area contributed by atoms with Crippen LogP contribution in [0.5, 0.6) is 5.75 Å². The number of phenols is 1. The molecule has 0 aliphatic heterocycles. The average Bonchev–Trinajstić information content (AvgIpc) is 2.19. The third-order valence-electron chi connectivity index (χ3n) is 1.66. The number of rotatable bonds is 4. The lowest BCUT2D eigenvalue weighted by atomic mass is 10.3. The molecule has 1 aromatic carbocycles. The number of hydrogen-bond acceptors (Lipinski definition) is 3. The molecule has 0 saturated heterocycles. The van der Waals surface area contributed by atoms with Gasteiger partial charge in [0.1, 0.15) is 12.4 Å². The van der Waals surface area contributed by atoms with Gasteiger partial charge in [0.15, 0.2) is 0 Å². The van der Waals surface area contributed by atoms with Crippen molar-refractivity contribution in [1.29, 1.82) is 0 Å². The van der Waals surface area contributed by atoms with E-state index in [9.17, 15) is 4.79 Å². The first-order chi connectivity index (χ1) is 7.13. The van der Waals surface area contributed by atoms with E-state index < -0.39 is 0 Å². The van der Waals surface area contributed by atoms with Crippen LogP contribution in [0.2, 0.25) is 5.02 Å². The Morgan fingerprint density at radius 3 is 2.93 bits per heavy atom. The van der Waals surface area contributed by atoms with E-state index >= 15 is 0 Å². The Bertz CT molecular complexity index is 355. The molecule has 0 radical (unpaired) electrons. The Labute approximate surface area is 92.8 Å². The minimum Gasteiger partial charge on any atom is -0.508 e. The third-order valence-corrected chi connectivity index (χ3v) is 1.98. The van der Waals surface area contributed by atoms with Gasteiger partial charge < -0.3 is 15.2 Å². The first-order valence-electron chi connectivity index (χ1n) is 4.49. The Morgan fingerprint density at radius 1 is 1.60 bits per heavy atom. The van der Waals surface area contributed by atoms with Crippen molar-refractivity contribution >= 4 is 23.2 Å². The predicted octanol–water partition coefficient (Wildman–Crippen LogP) is 2.02. The Hall–Kier alpha value is -1.26. The minimum absolute atomic E-state index is 0.00624. The lowest BCUT2D eigenvalue weighted by molar-refractivity contribution is -0.120. The summed E-state index contributed by atoms with van der Waals surface area (Å²) in [5.41, 5.74) is 0.458. The zero-order chi connectivity index (χ0) is 11.3.